The maximum atomic E-state index is 12.8. The zero-order valence-corrected chi connectivity index (χ0v) is 19.0. The second kappa shape index (κ2) is 7.98. The van der Waals surface area contributed by atoms with Gasteiger partial charge in [0.15, 0.2) is 0 Å². The fourth-order valence-corrected chi connectivity index (χ4v) is 6.56. The lowest BCUT2D eigenvalue weighted by atomic mass is 10.1. The number of piperazine rings is 1. The van der Waals surface area contributed by atoms with E-state index >= 15 is 0 Å². The number of anilines is 2. The van der Waals surface area contributed by atoms with Gasteiger partial charge in [0.05, 0.1) is 16.6 Å². The molecule has 2 atom stereocenters. The first-order valence-corrected chi connectivity index (χ1v) is 11.8. The standard InChI is InChI=1S/C18H24BrN3O3S2/c1-11-7-17(26-18(11)19)27(23,24)21-15-8-14(5-6-16(15)25-4)22-9-12(2)20-13(3)10-22/h5-8,12-13,20-21H,9-10H2,1-4H3/t12-,13+. The molecule has 6 nitrogen and oxygen atoms in total. The zero-order valence-electron chi connectivity index (χ0n) is 15.7. The number of hydrogen-bond donors (Lipinski definition) is 2. The number of benzene rings is 1. The van der Waals surface area contributed by atoms with Crippen LogP contribution in [0.4, 0.5) is 11.4 Å². The molecule has 1 aromatic carbocycles. The molecule has 1 fully saturated rings. The van der Waals surface area contributed by atoms with Crippen LogP contribution in [0.15, 0.2) is 32.3 Å². The molecule has 0 saturated carbocycles. The molecule has 0 spiro atoms. The Bertz CT molecular complexity index is 900. The van der Waals surface area contributed by atoms with Crippen molar-refractivity contribution in [2.24, 2.45) is 0 Å². The summed E-state index contributed by atoms with van der Waals surface area (Å²) in [5.41, 5.74) is 2.30. The normalized spacial score (nSPS) is 20.6. The van der Waals surface area contributed by atoms with E-state index in [9.17, 15) is 8.42 Å². The van der Waals surface area contributed by atoms with Gasteiger partial charge in [-0.25, -0.2) is 8.42 Å². The van der Waals surface area contributed by atoms with Crippen molar-refractivity contribution in [1.82, 2.24) is 5.32 Å². The molecule has 27 heavy (non-hydrogen) atoms. The van der Waals surface area contributed by atoms with Crippen molar-refractivity contribution in [3.05, 3.63) is 33.6 Å². The van der Waals surface area contributed by atoms with Crippen LogP contribution in [0.5, 0.6) is 5.75 Å². The average Bonchev–Trinajstić information content (AvgIpc) is 2.93. The van der Waals surface area contributed by atoms with Crippen LogP contribution in [0.1, 0.15) is 19.4 Å². The van der Waals surface area contributed by atoms with Gasteiger partial charge < -0.3 is 15.0 Å². The Morgan fingerprint density at radius 1 is 1.26 bits per heavy atom. The number of sulfonamides is 1. The summed E-state index contributed by atoms with van der Waals surface area (Å²) in [6.45, 7) is 7.88. The molecule has 2 aromatic rings. The van der Waals surface area contributed by atoms with Crippen LogP contribution < -0.4 is 19.7 Å². The molecule has 1 saturated heterocycles. The van der Waals surface area contributed by atoms with Crippen LogP contribution in [-0.4, -0.2) is 40.7 Å². The van der Waals surface area contributed by atoms with Crippen molar-refractivity contribution in [1.29, 1.82) is 0 Å². The van der Waals surface area contributed by atoms with Gasteiger partial charge in [-0.2, -0.15) is 0 Å². The third kappa shape index (κ3) is 4.59. The summed E-state index contributed by atoms with van der Waals surface area (Å²) >= 11 is 4.58. The Hall–Kier alpha value is -1.29. The van der Waals surface area contributed by atoms with Gasteiger partial charge in [0.1, 0.15) is 9.96 Å². The van der Waals surface area contributed by atoms with Crippen molar-refractivity contribution < 1.29 is 13.2 Å². The fourth-order valence-electron chi connectivity index (χ4n) is 3.27. The number of aryl methyl sites for hydroxylation is 1. The Balaban J connectivity index is 1.92. The summed E-state index contributed by atoms with van der Waals surface area (Å²) in [5.74, 6) is 0.492. The molecule has 1 aliphatic heterocycles. The fraction of sp³-hybridized carbons (Fsp3) is 0.444. The van der Waals surface area contributed by atoms with Gasteiger partial charge >= 0.3 is 0 Å². The van der Waals surface area contributed by atoms with E-state index in [0.717, 1.165) is 28.1 Å². The van der Waals surface area contributed by atoms with E-state index in [1.807, 2.05) is 19.1 Å². The van der Waals surface area contributed by atoms with Crippen molar-refractivity contribution in [2.45, 2.75) is 37.1 Å². The summed E-state index contributed by atoms with van der Waals surface area (Å²) in [6.07, 6.45) is 0. The number of halogens is 1. The first-order valence-electron chi connectivity index (χ1n) is 8.67. The molecule has 1 aliphatic rings. The molecule has 0 aliphatic carbocycles. The first-order chi connectivity index (χ1) is 12.7. The Labute approximate surface area is 173 Å². The number of ether oxygens (including phenoxy) is 1. The van der Waals surface area contributed by atoms with Crippen molar-refractivity contribution in [2.75, 3.05) is 29.8 Å². The monoisotopic (exact) mass is 473 g/mol. The minimum absolute atomic E-state index is 0.267. The second-order valence-electron chi connectivity index (χ2n) is 6.89. The molecule has 0 radical (unpaired) electrons. The zero-order chi connectivity index (χ0) is 19.8. The molecule has 9 heteroatoms. The minimum Gasteiger partial charge on any atom is -0.495 e. The Morgan fingerprint density at radius 2 is 1.93 bits per heavy atom. The number of thiophene rings is 1. The van der Waals surface area contributed by atoms with Crippen LogP contribution in [0.2, 0.25) is 0 Å². The van der Waals surface area contributed by atoms with Gasteiger partial charge in [0, 0.05) is 30.9 Å². The second-order valence-corrected chi connectivity index (χ2v) is 11.2. The molecule has 2 N–H and O–H groups in total. The lowest BCUT2D eigenvalue weighted by Crippen LogP contribution is -2.54. The molecule has 1 aromatic heterocycles. The van der Waals surface area contributed by atoms with Gasteiger partial charge in [-0.3, -0.25) is 4.72 Å². The van der Waals surface area contributed by atoms with E-state index in [-0.39, 0.29) is 4.21 Å². The minimum atomic E-state index is -3.69. The summed E-state index contributed by atoms with van der Waals surface area (Å²) in [4.78, 5) is 2.26. The first kappa shape index (κ1) is 20.4. The van der Waals surface area contributed by atoms with E-state index in [2.05, 4.69) is 44.7 Å². The van der Waals surface area contributed by atoms with Gasteiger partial charge in [-0.1, -0.05) is 0 Å². The molecule has 3 rings (SSSR count). The maximum absolute atomic E-state index is 12.8. The SMILES string of the molecule is COc1ccc(N2C[C@@H](C)N[C@@H](C)C2)cc1NS(=O)(=O)c1cc(C)c(Br)s1. The lowest BCUT2D eigenvalue weighted by molar-refractivity contribution is 0.406. The quantitative estimate of drug-likeness (QED) is 0.690. The van der Waals surface area contributed by atoms with E-state index in [1.54, 1.807) is 12.1 Å². The predicted octanol–water partition coefficient (Wildman–Crippen LogP) is 3.82. The number of methoxy groups -OCH3 is 1. The number of hydrogen-bond acceptors (Lipinski definition) is 6. The van der Waals surface area contributed by atoms with Crippen LogP contribution in [0.25, 0.3) is 0 Å². The van der Waals surface area contributed by atoms with Crippen molar-refractivity contribution >= 4 is 48.7 Å². The summed E-state index contributed by atoms with van der Waals surface area (Å²) in [7, 11) is -2.15. The summed E-state index contributed by atoms with van der Waals surface area (Å²) < 4.78 is 34.8. The Morgan fingerprint density at radius 3 is 2.48 bits per heavy atom. The predicted molar refractivity (Wildman–Crippen MR) is 115 cm³/mol. The molecule has 0 bridgehead atoms. The van der Waals surface area contributed by atoms with Gasteiger partial charge in [-0.15, -0.1) is 11.3 Å². The van der Waals surface area contributed by atoms with Crippen molar-refractivity contribution in [3.8, 4) is 5.75 Å². The average molecular weight is 474 g/mol. The Kier molecular flexibility index (Phi) is 6.05. The van der Waals surface area contributed by atoms with Crippen LogP contribution >= 0.6 is 27.3 Å². The number of nitrogens with one attached hydrogen (secondary N) is 2. The highest BCUT2D eigenvalue weighted by atomic mass is 79.9. The van der Waals surface area contributed by atoms with E-state index in [0.29, 0.717) is 23.5 Å². The maximum Gasteiger partial charge on any atom is 0.271 e. The number of nitrogens with zero attached hydrogens (tertiary/aromatic N) is 1. The van der Waals surface area contributed by atoms with Gasteiger partial charge in [0.2, 0.25) is 0 Å². The highest BCUT2D eigenvalue weighted by Crippen LogP contribution is 2.35. The van der Waals surface area contributed by atoms with Crippen LogP contribution in [-0.2, 0) is 10.0 Å². The van der Waals surface area contributed by atoms with Crippen molar-refractivity contribution in [3.63, 3.8) is 0 Å². The molecule has 148 valence electrons. The van der Waals surface area contributed by atoms with Gasteiger partial charge in [-0.05, 0) is 66.5 Å². The summed E-state index contributed by atoms with van der Waals surface area (Å²) in [5, 5.41) is 3.50. The number of rotatable bonds is 5. The molecular formula is C18H24BrN3O3S2. The smallest absolute Gasteiger partial charge is 0.271 e. The third-order valence-electron chi connectivity index (χ3n) is 4.45. The van der Waals surface area contributed by atoms with Crippen LogP contribution in [0, 0.1) is 6.92 Å². The highest BCUT2D eigenvalue weighted by Gasteiger charge is 2.24. The molecule has 2 heterocycles. The van der Waals surface area contributed by atoms with E-state index in [4.69, 9.17) is 4.74 Å². The van der Waals surface area contributed by atoms with E-state index < -0.39 is 10.0 Å². The summed E-state index contributed by atoms with van der Waals surface area (Å²) in [6, 6.07) is 8.00. The van der Waals surface area contributed by atoms with Crippen LogP contribution in [0.3, 0.4) is 0 Å². The topological polar surface area (TPSA) is 70.7 Å². The lowest BCUT2D eigenvalue weighted by Gasteiger charge is -2.38. The largest absolute Gasteiger partial charge is 0.495 e. The van der Waals surface area contributed by atoms with Gasteiger partial charge in [0.25, 0.3) is 10.0 Å². The highest BCUT2D eigenvalue weighted by molar-refractivity contribution is 9.11. The molecule has 0 amide bonds. The molecular weight excluding hydrogens is 450 g/mol. The molecule has 0 unspecified atom stereocenters. The van der Waals surface area contributed by atoms with E-state index in [1.165, 1.54) is 18.4 Å². The third-order valence-corrected chi connectivity index (χ3v) is 8.43.